The van der Waals surface area contributed by atoms with E-state index in [1.807, 2.05) is 37.3 Å². The fourth-order valence-corrected chi connectivity index (χ4v) is 3.06. The van der Waals surface area contributed by atoms with Gasteiger partial charge in [-0.15, -0.1) is 0 Å². The average Bonchev–Trinajstić information content (AvgIpc) is 2.62. The van der Waals surface area contributed by atoms with Gasteiger partial charge in [0.05, 0.1) is 17.1 Å². The number of nitrogens with one attached hydrogen (secondary N) is 1. The van der Waals surface area contributed by atoms with Crippen molar-refractivity contribution in [3.63, 3.8) is 0 Å². The van der Waals surface area contributed by atoms with E-state index < -0.39 is 17.3 Å². The maximum Gasteiger partial charge on any atom is 0.330 e. The zero-order chi connectivity index (χ0) is 18.4. The summed E-state index contributed by atoms with van der Waals surface area (Å²) in [6, 6.07) is 12.4. The number of fused-ring (bicyclic) bond motifs is 2. The predicted octanol–water partition coefficient (Wildman–Crippen LogP) is 2.13. The van der Waals surface area contributed by atoms with E-state index in [0.717, 1.165) is 11.1 Å². The topological polar surface area (TPSA) is 107 Å². The number of anilines is 1. The number of rotatable bonds is 2. The molecule has 7 heteroatoms. The van der Waals surface area contributed by atoms with Gasteiger partial charge in [0, 0.05) is 5.69 Å². The van der Waals surface area contributed by atoms with Gasteiger partial charge in [-0.1, -0.05) is 30.3 Å². The van der Waals surface area contributed by atoms with E-state index in [9.17, 15) is 9.59 Å². The van der Waals surface area contributed by atoms with E-state index in [0.29, 0.717) is 16.7 Å². The number of aromatic amines is 1. The molecular formula is C19H17N5O2. The molecule has 4 aromatic rings. The highest BCUT2D eigenvalue weighted by molar-refractivity contribution is 5.86. The average molecular weight is 347 g/mol. The van der Waals surface area contributed by atoms with Gasteiger partial charge in [-0.25, -0.2) is 14.8 Å². The molecule has 0 radical (unpaired) electrons. The number of nitrogens with zero attached hydrogens (tertiary/aromatic N) is 3. The summed E-state index contributed by atoms with van der Waals surface area (Å²) >= 11 is 0. The van der Waals surface area contributed by atoms with Crippen molar-refractivity contribution >= 4 is 27.9 Å². The predicted molar refractivity (Wildman–Crippen MR) is 101 cm³/mol. The smallest absolute Gasteiger partial charge is 0.330 e. The summed E-state index contributed by atoms with van der Waals surface area (Å²) in [7, 11) is 0. The van der Waals surface area contributed by atoms with Gasteiger partial charge in [0.1, 0.15) is 0 Å². The zero-order valence-electron chi connectivity index (χ0n) is 14.4. The Kier molecular flexibility index (Phi) is 3.57. The van der Waals surface area contributed by atoms with Crippen LogP contribution in [0.3, 0.4) is 0 Å². The number of hydrogen-bond acceptors (Lipinski definition) is 5. The molecule has 2 aromatic heterocycles. The summed E-state index contributed by atoms with van der Waals surface area (Å²) in [5.74, 6) is 0. The minimum atomic E-state index is -0.521. The highest BCUT2D eigenvalue weighted by atomic mass is 16.2. The fourth-order valence-electron chi connectivity index (χ4n) is 3.06. The van der Waals surface area contributed by atoms with Crippen molar-refractivity contribution < 1.29 is 0 Å². The highest BCUT2D eigenvalue weighted by Gasteiger charge is 2.17. The van der Waals surface area contributed by atoms with Crippen LogP contribution in [0.15, 0.2) is 52.1 Å². The van der Waals surface area contributed by atoms with E-state index in [-0.39, 0.29) is 11.2 Å². The van der Waals surface area contributed by atoms with Crippen LogP contribution in [0.1, 0.15) is 24.1 Å². The van der Waals surface area contributed by atoms with Gasteiger partial charge in [0.25, 0.3) is 5.56 Å². The van der Waals surface area contributed by atoms with Gasteiger partial charge in [0.15, 0.2) is 11.2 Å². The van der Waals surface area contributed by atoms with Crippen LogP contribution in [-0.4, -0.2) is 19.5 Å². The quantitative estimate of drug-likeness (QED) is 0.427. The van der Waals surface area contributed by atoms with Crippen LogP contribution in [0.4, 0.5) is 5.69 Å². The molecule has 7 nitrogen and oxygen atoms in total. The molecule has 4 rings (SSSR count). The van der Waals surface area contributed by atoms with Crippen molar-refractivity contribution in [1.82, 2.24) is 19.5 Å². The fraction of sp³-hybridized carbons (Fsp3) is 0.158. The molecule has 0 bridgehead atoms. The largest absolute Gasteiger partial charge is 0.398 e. The van der Waals surface area contributed by atoms with E-state index >= 15 is 0 Å². The lowest BCUT2D eigenvalue weighted by Crippen LogP contribution is -2.38. The second-order valence-corrected chi connectivity index (χ2v) is 6.31. The zero-order valence-corrected chi connectivity index (χ0v) is 14.4. The number of benzene rings is 2. The normalized spacial score (nSPS) is 12.5. The minimum absolute atomic E-state index is 0.129. The molecule has 26 heavy (non-hydrogen) atoms. The van der Waals surface area contributed by atoms with Crippen molar-refractivity contribution in [1.29, 1.82) is 0 Å². The molecule has 130 valence electrons. The van der Waals surface area contributed by atoms with Gasteiger partial charge >= 0.3 is 5.69 Å². The van der Waals surface area contributed by atoms with Gasteiger partial charge in [-0.05, 0) is 37.1 Å². The molecule has 0 aliphatic carbocycles. The van der Waals surface area contributed by atoms with E-state index in [1.54, 1.807) is 19.1 Å². The summed E-state index contributed by atoms with van der Waals surface area (Å²) in [5, 5.41) is 0. The van der Waals surface area contributed by atoms with Gasteiger partial charge in [0.2, 0.25) is 0 Å². The summed E-state index contributed by atoms with van der Waals surface area (Å²) in [6.07, 6.45) is 0. The molecule has 2 heterocycles. The number of aromatic nitrogens is 4. The third-order valence-electron chi connectivity index (χ3n) is 4.59. The Labute approximate surface area is 148 Å². The first-order valence-corrected chi connectivity index (χ1v) is 8.23. The van der Waals surface area contributed by atoms with Crippen molar-refractivity contribution in [2.24, 2.45) is 0 Å². The Hall–Kier alpha value is -3.48. The molecule has 0 spiro atoms. The standard InChI is InChI=1S/C19H17N5O2/c1-10-8-14-15(9-13(10)20)22-17-16(21-14)18(25)24(19(26)23-17)11(2)12-6-4-3-5-7-12/h3-9,11H,20H2,1-2H3,(H,22,23,26)/t11-/m1/s1. The summed E-state index contributed by atoms with van der Waals surface area (Å²) < 4.78 is 1.17. The Morgan fingerprint density at radius 1 is 1.08 bits per heavy atom. The summed E-state index contributed by atoms with van der Waals surface area (Å²) in [5.41, 5.74) is 8.60. The monoisotopic (exact) mass is 347 g/mol. The van der Waals surface area contributed by atoms with Crippen LogP contribution in [0.25, 0.3) is 22.2 Å². The van der Waals surface area contributed by atoms with Crippen LogP contribution in [0.5, 0.6) is 0 Å². The Morgan fingerprint density at radius 3 is 2.50 bits per heavy atom. The third kappa shape index (κ3) is 2.45. The first-order valence-electron chi connectivity index (χ1n) is 8.23. The molecule has 1 atom stereocenters. The Bertz CT molecular complexity index is 1260. The molecular weight excluding hydrogens is 330 g/mol. The van der Waals surface area contributed by atoms with Gasteiger partial charge in [-0.2, -0.15) is 0 Å². The maximum atomic E-state index is 13.0. The van der Waals surface area contributed by atoms with Crippen LogP contribution < -0.4 is 17.0 Å². The second-order valence-electron chi connectivity index (χ2n) is 6.31. The summed E-state index contributed by atoms with van der Waals surface area (Å²) in [4.78, 5) is 37.0. The van der Waals surface area contributed by atoms with Crippen molar-refractivity contribution in [3.8, 4) is 0 Å². The van der Waals surface area contributed by atoms with Crippen molar-refractivity contribution in [2.75, 3.05) is 5.73 Å². The molecule has 0 saturated heterocycles. The van der Waals surface area contributed by atoms with Crippen LogP contribution in [0, 0.1) is 6.92 Å². The van der Waals surface area contributed by atoms with Gasteiger partial charge in [-0.3, -0.25) is 14.3 Å². The van der Waals surface area contributed by atoms with Crippen LogP contribution >= 0.6 is 0 Å². The first-order chi connectivity index (χ1) is 12.5. The van der Waals surface area contributed by atoms with E-state index in [4.69, 9.17) is 5.73 Å². The lowest BCUT2D eigenvalue weighted by atomic mass is 10.1. The molecule has 0 unspecified atom stereocenters. The molecule has 0 fully saturated rings. The molecule has 3 N–H and O–H groups in total. The SMILES string of the molecule is Cc1cc2nc3c(=O)n([C@H](C)c4ccccc4)c(=O)[nH]c3nc2cc1N. The first kappa shape index (κ1) is 16.0. The van der Waals surface area contributed by atoms with Crippen molar-refractivity contribution in [3.05, 3.63) is 74.4 Å². The highest BCUT2D eigenvalue weighted by Crippen LogP contribution is 2.20. The van der Waals surface area contributed by atoms with Crippen LogP contribution in [0.2, 0.25) is 0 Å². The number of aryl methyl sites for hydroxylation is 1. The molecule has 0 amide bonds. The minimum Gasteiger partial charge on any atom is -0.398 e. The second kappa shape index (κ2) is 5.80. The summed E-state index contributed by atoms with van der Waals surface area (Å²) in [6.45, 7) is 3.67. The van der Waals surface area contributed by atoms with Crippen molar-refractivity contribution in [2.45, 2.75) is 19.9 Å². The number of nitrogens with two attached hydrogens (primary N) is 1. The third-order valence-corrected chi connectivity index (χ3v) is 4.59. The van der Waals surface area contributed by atoms with Crippen LogP contribution in [-0.2, 0) is 0 Å². The lowest BCUT2D eigenvalue weighted by molar-refractivity contribution is 0.583. The lowest BCUT2D eigenvalue weighted by Gasteiger charge is -2.14. The maximum absolute atomic E-state index is 13.0. The van der Waals surface area contributed by atoms with Gasteiger partial charge < -0.3 is 5.73 Å². The molecule has 2 aromatic carbocycles. The number of hydrogen-bond donors (Lipinski definition) is 2. The van der Waals surface area contributed by atoms with E-state index in [1.165, 1.54) is 4.57 Å². The molecule has 0 aliphatic rings. The van der Waals surface area contributed by atoms with E-state index in [2.05, 4.69) is 15.0 Å². The molecule has 0 saturated carbocycles. The number of nitrogen functional groups attached to an aromatic ring is 1. The Balaban J connectivity index is 2.01. The molecule has 0 aliphatic heterocycles. The Morgan fingerprint density at radius 2 is 1.77 bits per heavy atom. The number of H-pyrrole nitrogens is 1.